The fourth-order valence-corrected chi connectivity index (χ4v) is 2.56. The van der Waals surface area contributed by atoms with Crippen LogP contribution in [0.3, 0.4) is 0 Å². The van der Waals surface area contributed by atoms with Crippen molar-refractivity contribution in [1.82, 2.24) is 0 Å². The zero-order valence-corrected chi connectivity index (χ0v) is 14.7. The number of carbonyl (C=O) groups excluding carboxylic acids is 1. The maximum Gasteiger partial charge on any atom is 0.416 e. The van der Waals surface area contributed by atoms with Crippen molar-refractivity contribution < 1.29 is 32.2 Å². The largest absolute Gasteiger partial charge is 0.490 e. The number of fused-ring (bicyclic) bond motifs is 1. The van der Waals surface area contributed by atoms with Gasteiger partial charge < -0.3 is 19.5 Å². The molecule has 1 aliphatic heterocycles. The van der Waals surface area contributed by atoms with E-state index in [4.69, 9.17) is 25.8 Å². The van der Waals surface area contributed by atoms with Crippen LogP contribution in [0.4, 0.5) is 18.9 Å². The van der Waals surface area contributed by atoms with E-state index in [1.807, 2.05) is 0 Å². The summed E-state index contributed by atoms with van der Waals surface area (Å²) in [7, 11) is 0. The Bertz CT molecular complexity index is 825. The molecular formula is C18H15ClF3NO4. The Hall–Kier alpha value is -2.61. The van der Waals surface area contributed by atoms with E-state index in [9.17, 15) is 18.0 Å². The van der Waals surface area contributed by atoms with Crippen molar-refractivity contribution in [2.45, 2.75) is 12.6 Å². The first kappa shape index (κ1) is 19.2. The lowest BCUT2D eigenvalue weighted by Crippen LogP contribution is -2.20. The molecule has 0 saturated heterocycles. The molecule has 0 bridgehead atoms. The third-order valence-corrected chi connectivity index (χ3v) is 3.98. The fourth-order valence-electron chi connectivity index (χ4n) is 2.36. The molecule has 27 heavy (non-hydrogen) atoms. The summed E-state index contributed by atoms with van der Waals surface area (Å²) in [6, 6.07) is 7.17. The van der Waals surface area contributed by atoms with Gasteiger partial charge in [0.25, 0.3) is 5.91 Å². The molecule has 5 nitrogen and oxygen atoms in total. The molecule has 2 aromatic carbocycles. The second kappa shape index (κ2) is 7.96. The predicted molar refractivity (Wildman–Crippen MR) is 92.6 cm³/mol. The van der Waals surface area contributed by atoms with Crippen molar-refractivity contribution in [3.63, 3.8) is 0 Å². The standard InChI is InChI=1S/C18H15ClF3NO4/c19-13-8-15-16(26-7-1-6-25-15)9-14(13)23-17(24)10-27-12-4-2-11(3-5-12)18(20,21)22/h2-5,8-9H,1,6-7,10H2,(H,23,24). The van der Waals surface area contributed by atoms with Crippen molar-refractivity contribution in [2.24, 2.45) is 0 Å². The summed E-state index contributed by atoms with van der Waals surface area (Å²) in [4.78, 5) is 12.1. The Kier molecular flexibility index (Phi) is 5.65. The van der Waals surface area contributed by atoms with E-state index < -0.39 is 24.3 Å². The van der Waals surface area contributed by atoms with E-state index in [0.717, 1.165) is 30.7 Å². The molecule has 0 aliphatic carbocycles. The van der Waals surface area contributed by atoms with E-state index in [2.05, 4.69) is 5.32 Å². The molecule has 0 spiro atoms. The zero-order valence-electron chi connectivity index (χ0n) is 13.9. The monoisotopic (exact) mass is 401 g/mol. The van der Waals surface area contributed by atoms with Crippen molar-refractivity contribution in [3.05, 3.63) is 47.0 Å². The summed E-state index contributed by atoms with van der Waals surface area (Å²) in [5, 5.41) is 2.84. The lowest BCUT2D eigenvalue weighted by Gasteiger charge is -2.13. The number of alkyl halides is 3. The SMILES string of the molecule is O=C(COc1ccc(C(F)(F)F)cc1)Nc1cc2c(cc1Cl)OCCCO2. The highest BCUT2D eigenvalue weighted by atomic mass is 35.5. The average Bonchev–Trinajstić information content (AvgIpc) is 2.85. The molecule has 144 valence electrons. The van der Waals surface area contributed by atoms with Gasteiger partial charge in [-0.2, -0.15) is 13.2 Å². The van der Waals surface area contributed by atoms with Crippen molar-refractivity contribution >= 4 is 23.2 Å². The molecule has 1 heterocycles. The van der Waals surface area contributed by atoms with Gasteiger partial charge in [-0.05, 0) is 24.3 Å². The number of hydrogen-bond donors (Lipinski definition) is 1. The lowest BCUT2D eigenvalue weighted by atomic mass is 10.2. The average molecular weight is 402 g/mol. The number of nitrogens with one attached hydrogen (secondary N) is 1. The van der Waals surface area contributed by atoms with Crippen LogP contribution in [0.25, 0.3) is 0 Å². The first-order chi connectivity index (χ1) is 12.8. The van der Waals surface area contributed by atoms with Crippen molar-refractivity contribution in [3.8, 4) is 17.2 Å². The molecular weight excluding hydrogens is 387 g/mol. The number of benzene rings is 2. The maximum atomic E-state index is 12.5. The predicted octanol–water partition coefficient (Wildman–Crippen LogP) is 4.54. The van der Waals surface area contributed by atoms with Crippen LogP contribution in [0.1, 0.15) is 12.0 Å². The molecule has 1 aliphatic rings. The second-order valence-electron chi connectivity index (χ2n) is 5.69. The Morgan fingerprint density at radius 1 is 1.11 bits per heavy atom. The smallest absolute Gasteiger partial charge is 0.416 e. The Morgan fingerprint density at radius 2 is 1.74 bits per heavy atom. The van der Waals surface area contributed by atoms with Crippen LogP contribution < -0.4 is 19.5 Å². The summed E-state index contributed by atoms with van der Waals surface area (Å²) in [5.41, 5.74) is -0.472. The molecule has 9 heteroatoms. The van der Waals surface area contributed by atoms with Gasteiger partial charge in [0.15, 0.2) is 18.1 Å². The first-order valence-electron chi connectivity index (χ1n) is 8.02. The summed E-state index contributed by atoms with van der Waals surface area (Å²) in [6.07, 6.45) is -3.70. The summed E-state index contributed by atoms with van der Waals surface area (Å²) < 4.78 is 53.8. The number of halogens is 4. The molecule has 1 amide bonds. The Morgan fingerprint density at radius 3 is 2.37 bits per heavy atom. The molecule has 0 fully saturated rings. The third-order valence-electron chi connectivity index (χ3n) is 3.66. The van der Waals surface area contributed by atoms with Crippen LogP contribution in [-0.2, 0) is 11.0 Å². The van der Waals surface area contributed by atoms with Gasteiger partial charge in [-0.15, -0.1) is 0 Å². The van der Waals surface area contributed by atoms with E-state index in [1.165, 1.54) is 0 Å². The van der Waals surface area contributed by atoms with Crippen LogP contribution in [0, 0.1) is 0 Å². The van der Waals surface area contributed by atoms with Crippen LogP contribution in [-0.4, -0.2) is 25.7 Å². The number of amides is 1. The number of ether oxygens (including phenoxy) is 3. The van der Waals surface area contributed by atoms with Crippen LogP contribution in [0.15, 0.2) is 36.4 Å². The molecule has 0 atom stereocenters. The minimum absolute atomic E-state index is 0.142. The molecule has 3 rings (SSSR count). The number of hydrogen-bond acceptors (Lipinski definition) is 4. The van der Waals surface area contributed by atoms with E-state index >= 15 is 0 Å². The summed E-state index contributed by atoms with van der Waals surface area (Å²) in [6.45, 7) is 0.602. The number of anilines is 1. The third kappa shape index (κ3) is 4.97. The highest BCUT2D eigenvalue weighted by molar-refractivity contribution is 6.34. The van der Waals surface area contributed by atoms with Crippen LogP contribution in [0.5, 0.6) is 17.2 Å². The van der Waals surface area contributed by atoms with Crippen molar-refractivity contribution in [2.75, 3.05) is 25.1 Å². The Balaban J connectivity index is 1.60. The van der Waals surface area contributed by atoms with E-state index in [1.54, 1.807) is 12.1 Å². The van der Waals surface area contributed by atoms with Gasteiger partial charge in [0.1, 0.15) is 5.75 Å². The normalized spacial score (nSPS) is 13.6. The van der Waals surface area contributed by atoms with Gasteiger partial charge in [-0.3, -0.25) is 4.79 Å². The van der Waals surface area contributed by atoms with Crippen LogP contribution >= 0.6 is 11.6 Å². The molecule has 0 radical (unpaired) electrons. The first-order valence-corrected chi connectivity index (χ1v) is 8.40. The summed E-state index contributed by atoms with van der Waals surface area (Å²) >= 11 is 6.14. The lowest BCUT2D eigenvalue weighted by molar-refractivity contribution is -0.137. The minimum Gasteiger partial charge on any atom is -0.490 e. The highest BCUT2D eigenvalue weighted by Gasteiger charge is 2.30. The molecule has 0 aromatic heterocycles. The van der Waals surface area contributed by atoms with E-state index in [0.29, 0.717) is 30.4 Å². The topological polar surface area (TPSA) is 56.8 Å². The van der Waals surface area contributed by atoms with Gasteiger partial charge in [0.05, 0.1) is 29.5 Å². The quantitative estimate of drug-likeness (QED) is 0.817. The van der Waals surface area contributed by atoms with Gasteiger partial charge in [-0.1, -0.05) is 11.6 Å². The highest BCUT2D eigenvalue weighted by Crippen LogP contribution is 2.37. The van der Waals surface area contributed by atoms with Gasteiger partial charge in [0, 0.05) is 18.6 Å². The zero-order chi connectivity index (χ0) is 19.4. The maximum absolute atomic E-state index is 12.5. The minimum atomic E-state index is -4.43. The number of rotatable bonds is 4. The number of carbonyl (C=O) groups is 1. The molecule has 0 saturated carbocycles. The Labute approximate surface area is 158 Å². The van der Waals surface area contributed by atoms with Crippen molar-refractivity contribution in [1.29, 1.82) is 0 Å². The van der Waals surface area contributed by atoms with Gasteiger partial charge >= 0.3 is 6.18 Å². The van der Waals surface area contributed by atoms with Gasteiger partial charge in [0.2, 0.25) is 0 Å². The summed E-state index contributed by atoms with van der Waals surface area (Å²) in [5.74, 6) is 0.585. The second-order valence-corrected chi connectivity index (χ2v) is 6.10. The van der Waals surface area contributed by atoms with Gasteiger partial charge in [-0.25, -0.2) is 0 Å². The van der Waals surface area contributed by atoms with E-state index in [-0.39, 0.29) is 10.8 Å². The molecule has 1 N–H and O–H groups in total. The van der Waals surface area contributed by atoms with Crippen LogP contribution in [0.2, 0.25) is 5.02 Å². The fraction of sp³-hybridized carbons (Fsp3) is 0.278. The molecule has 2 aromatic rings. The molecule has 0 unspecified atom stereocenters.